The van der Waals surface area contributed by atoms with E-state index in [1.807, 2.05) is 30.3 Å². The highest BCUT2D eigenvalue weighted by Gasteiger charge is 2.14. The highest BCUT2D eigenvalue weighted by atomic mass is 16.5. The molecule has 7 heteroatoms. The van der Waals surface area contributed by atoms with Gasteiger partial charge < -0.3 is 19.3 Å². The van der Waals surface area contributed by atoms with Gasteiger partial charge in [0.15, 0.2) is 0 Å². The molecule has 0 aliphatic heterocycles. The Morgan fingerprint density at radius 1 is 0.900 bits per heavy atom. The van der Waals surface area contributed by atoms with Gasteiger partial charge in [0.2, 0.25) is 5.82 Å². The largest absolute Gasteiger partial charge is 0.497 e. The summed E-state index contributed by atoms with van der Waals surface area (Å²) in [5.74, 6) is 1.78. The third-order valence-electron chi connectivity index (χ3n) is 4.51. The Hall–Kier alpha value is -4.13. The Morgan fingerprint density at radius 2 is 1.67 bits per heavy atom. The summed E-state index contributed by atoms with van der Waals surface area (Å²) in [5, 5.41) is 6.86. The SMILES string of the molecule is COc1ccc(OC)c(NC(=O)c2ccc(-c3nc(-c4ccccc4)no3)cc2)c1. The van der Waals surface area contributed by atoms with Crippen molar-refractivity contribution < 1.29 is 18.8 Å². The molecule has 0 fully saturated rings. The lowest BCUT2D eigenvalue weighted by atomic mass is 10.1. The highest BCUT2D eigenvalue weighted by molar-refractivity contribution is 6.05. The summed E-state index contributed by atoms with van der Waals surface area (Å²) in [6.07, 6.45) is 0. The fraction of sp³-hybridized carbons (Fsp3) is 0.0870. The molecule has 1 aromatic heterocycles. The van der Waals surface area contributed by atoms with Crippen LogP contribution in [0, 0.1) is 0 Å². The maximum absolute atomic E-state index is 12.7. The summed E-state index contributed by atoms with van der Waals surface area (Å²) in [6, 6.07) is 21.7. The summed E-state index contributed by atoms with van der Waals surface area (Å²) in [4.78, 5) is 17.1. The number of methoxy groups -OCH3 is 2. The molecule has 0 saturated carbocycles. The number of amides is 1. The summed E-state index contributed by atoms with van der Waals surface area (Å²) in [6.45, 7) is 0. The Morgan fingerprint density at radius 3 is 2.37 bits per heavy atom. The lowest BCUT2D eigenvalue weighted by molar-refractivity contribution is 0.102. The first-order valence-corrected chi connectivity index (χ1v) is 9.21. The zero-order valence-electron chi connectivity index (χ0n) is 16.5. The molecule has 0 saturated heterocycles. The number of carbonyl (C=O) groups excluding carboxylic acids is 1. The number of ether oxygens (including phenoxy) is 2. The molecule has 0 radical (unpaired) electrons. The molecule has 30 heavy (non-hydrogen) atoms. The molecule has 3 aromatic carbocycles. The van der Waals surface area contributed by atoms with Gasteiger partial charge in [0.1, 0.15) is 11.5 Å². The minimum atomic E-state index is -0.274. The van der Waals surface area contributed by atoms with Gasteiger partial charge in [-0.2, -0.15) is 4.98 Å². The Kier molecular flexibility index (Phi) is 5.43. The number of hydrogen-bond donors (Lipinski definition) is 1. The molecule has 1 amide bonds. The molecule has 4 aromatic rings. The Labute approximate surface area is 173 Å². The van der Waals surface area contributed by atoms with E-state index in [-0.39, 0.29) is 5.91 Å². The standard InChI is InChI=1S/C23H19N3O4/c1-28-18-12-13-20(29-2)19(14-18)24-22(27)16-8-10-17(11-9-16)23-25-21(26-30-23)15-6-4-3-5-7-15/h3-14H,1-2H3,(H,24,27). The first-order valence-electron chi connectivity index (χ1n) is 9.21. The van der Waals surface area contributed by atoms with E-state index in [1.165, 1.54) is 0 Å². The fourth-order valence-electron chi connectivity index (χ4n) is 2.92. The van der Waals surface area contributed by atoms with Crippen molar-refractivity contribution in [3.8, 4) is 34.3 Å². The van der Waals surface area contributed by atoms with Crippen LogP contribution < -0.4 is 14.8 Å². The van der Waals surface area contributed by atoms with E-state index in [4.69, 9.17) is 14.0 Å². The fourth-order valence-corrected chi connectivity index (χ4v) is 2.92. The topological polar surface area (TPSA) is 86.5 Å². The quantitative estimate of drug-likeness (QED) is 0.505. The molecule has 0 atom stereocenters. The zero-order chi connectivity index (χ0) is 20.9. The van der Waals surface area contributed by atoms with Crippen LogP contribution in [0.25, 0.3) is 22.8 Å². The van der Waals surface area contributed by atoms with Crippen LogP contribution in [0.4, 0.5) is 5.69 Å². The summed E-state index contributed by atoms with van der Waals surface area (Å²) >= 11 is 0. The van der Waals surface area contributed by atoms with Gasteiger partial charge in [0, 0.05) is 22.8 Å². The van der Waals surface area contributed by atoms with Crippen molar-refractivity contribution in [2.75, 3.05) is 19.5 Å². The number of nitrogens with one attached hydrogen (secondary N) is 1. The second-order valence-corrected chi connectivity index (χ2v) is 6.39. The molecule has 0 spiro atoms. The van der Waals surface area contributed by atoms with Gasteiger partial charge in [-0.1, -0.05) is 35.5 Å². The molecular weight excluding hydrogens is 382 g/mol. The molecule has 150 valence electrons. The Balaban J connectivity index is 1.51. The van der Waals surface area contributed by atoms with Crippen molar-refractivity contribution in [3.63, 3.8) is 0 Å². The van der Waals surface area contributed by atoms with Crippen molar-refractivity contribution in [3.05, 3.63) is 78.4 Å². The number of rotatable bonds is 6. The molecule has 0 unspecified atom stereocenters. The van der Waals surface area contributed by atoms with Crippen LogP contribution in [-0.4, -0.2) is 30.3 Å². The van der Waals surface area contributed by atoms with E-state index in [0.29, 0.717) is 34.5 Å². The molecule has 1 N–H and O–H groups in total. The average Bonchev–Trinajstić information content (AvgIpc) is 3.30. The first kappa shape index (κ1) is 19.2. The maximum atomic E-state index is 12.7. The second-order valence-electron chi connectivity index (χ2n) is 6.39. The predicted molar refractivity (Wildman–Crippen MR) is 113 cm³/mol. The number of benzene rings is 3. The van der Waals surface area contributed by atoms with Crippen molar-refractivity contribution in [1.29, 1.82) is 0 Å². The van der Waals surface area contributed by atoms with E-state index >= 15 is 0 Å². The smallest absolute Gasteiger partial charge is 0.258 e. The van der Waals surface area contributed by atoms with Crippen molar-refractivity contribution in [2.45, 2.75) is 0 Å². The number of carbonyl (C=O) groups is 1. The molecule has 0 aliphatic rings. The van der Waals surface area contributed by atoms with E-state index in [2.05, 4.69) is 15.5 Å². The third-order valence-corrected chi connectivity index (χ3v) is 4.51. The maximum Gasteiger partial charge on any atom is 0.258 e. The van der Waals surface area contributed by atoms with E-state index in [0.717, 1.165) is 11.1 Å². The van der Waals surface area contributed by atoms with Crippen LogP contribution in [0.1, 0.15) is 10.4 Å². The summed E-state index contributed by atoms with van der Waals surface area (Å²) < 4.78 is 15.9. The van der Waals surface area contributed by atoms with Crippen molar-refractivity contribution in [1.82, 2.24) is 10.1 Å². The molecule has 4 rings (SSSR count). The third kappa shape index (κ3) is 4.00. The summed E-state index contributed by atoms with van der Waals surface area (Å²) in [7, 11) is 3.10. The minimum Gasteiger partial charge on any atom is -0.497 e. The summed E-state index contributed by atoms with van der Waals surface area (Å²) in [5.41, 5.74) is 2.60. The second kappa shape index (κ2) is 8.48. The van der Waals surface area contributed by atoms with Crippen molar-refractivity contribution >= 4 is 11.6 Å². The van der Waals surface area contributed by atoms with E-state index in [9.17, 15) is 4.79 Å². The monoisotopic (exact) mass is 401 g/mol. The highest BCUT2D eigenvalue weighted by Crippen LogP contribution is 2.29. The van der Waals surface area contributed by atoms with Crippen LogP contribution in [0.3, 0.4) is 0 Å². The number of anilines is 1. The zero-order valence-corrected chi connectivity index (χ0v) is 16.5. The first-order chi connectivity index (χ1) is 14.7. The van der Waals surface area contributed by atoms with Gasteiger partial charge in [-0.3, -0.25) is 4.79 Å². The molecular formula is C23H19N3O4. The van der Waals surface area contributed by atoms with Gasteiger partial charge >= 0.3 is 0 Å². The average molecular weight is 401 g/mol. The van der Waals surface area contributed by atoms with Crippen molar-refractivity contribution in [2.24, 2.45) is 0 Å². The van der Waals surface area contributed by atoms with Gasteiger partial charge in [0.05, 0.1) is 19.9 Å². The van der Waals surface area contributed by atoms with Crippen LogP contribution in [0.2, 0.25) is 0 Å². The number of aromatic nitrogens is 2. The van der Waals surface area contributed by atoms with Gasteiger partial charge in [-0.05, 0) is 36.4 Å². The normalized spacial score (nSPS) is 10.5. The molecule has 1 heterocycles. The lowest BCUT2D eigenvalue weighted by Crippen LogP contribution is -2.12. The molecule has 7 nitrogen and oxygen atoms in total. The van der Waals surface area contributed by atoms with Crippen LogP contribution >= 0.6 is 0 Å². The number of nitrogens with zero attached hydrogens (tertiary/aromatic N) is 2. The van der Waals surface area contributed by atoms with Gasteiger partial charge in [-0.25, -0.2) is 0 Å². The van der Waals surface area contributed by atoms with Crippen LogP contribution in [-0.2, 0) is 0 Å². The predicted octanol–water partition coefficient (Wildman–Crippen LogP) is 4.67. The van der Waals surface area contributed by atoms with E-state index < -0.39 is 0 Å². The Bertz CT molecular complexity index is 1150. The number of hydrogen-bond acceptors (Lipinski definition) is 6. The van der Waals surface area contributed by atoms with Gasteiger partial charge in [-0.15, -0.1) is 0 Å². The van der Waals surface area contributed by atoms with Crippen LogP contribution in [0.15, 0.2) is 77.3 Å². The molecule has 0 aliphatic carbocycles. The minimum absolute atomic E-state index is 0.274. The molecule has 0 bridgehead atoms. The van der Waals surface area contributed by atoms with Crippen LogP contribution in [0.5, 0.6) is 11.5 Å². The van der Waals surface area contributed by atoms with Gasteiger partial charge in [0.25, 0.3) is 11.8 Å². The van der Waals surface area contributed by atoms with E-state index in [1.54, 1.807) is 56.7 Å². The lowest BCUT2D eigenvalue weighted by Gasteiger charge is -2.11.